The topological polar surface area (TPSA) is 295 Å². The molecule has 0 heterocycles. The van der Waals surface area contributed by atoms with Gasteiger partial charge in [0.2, 0.25) is 0 Å². The molecule has 0 spiro atoms. The van der Waals surface area contributed by atoms with E-state index in [9.17, 15) is 0 Å². The Morgan fingerprint density at radius 3 is 0.257 bits per heavy atom. The van der Waals surface area contributed by atoms with E-state index in [-0.39, 0.29) is 0 Å². The van der Waals surface area contributed by atoms with E-state index in [1.54, 1.807) is 7.11 Å². The van der Waals surface area contributed by atoms with Crippen molar-refractivity contribution in [2.75, 3.05) is 13.7 Å². The van der Waals surface area contributed by atoms with Crippen LogP contribution < -0.4 is 0 Å². The quantitative estimate of drug-likeness (QED) is 0.0403. The van der Waals surface area contributed by atoms with Gasteiger partial charge in [0.1, 0.15) is 0 Å². The van der Waals surface area contributed by atoms with Crippen LogP contribution in [-0.2, 0) is 132 Å². The standard InChI is InChI=1S/C72H210O32Si32/c1-67-68-71-105(3,4)74-107(7,8)76-109(11,12)78-111(15,16)80-113(19,20)82-115(23,24)84-117(27,28)86-119(31,32)88-121(35,36)90-123(39,40)92-125(43,44)94-127(47,48)96-129(51,52)98-131(55,56)100-133(59,60)102-135(63,64)104-136(65,66)103-134(61,62)101-132(57,58)99-130(53,54)97-128(49,50)95-126(45,46)93-124(41,42)91-122(37,38)89-120(33,34)87-118(29,30)85-116(25,26)83-114(21,22)81-112(17,18)79-110(13,14)77-108(9,10)75-106(5,6)72-69-70-73-2/h67-72H2,1-66H3. The predicted octanol–water partition coefficient (Wildman–Crippen LogP) is 25.8. The summed E-state index contributed by atoms with van der Waals surface area (Å²) in [7, 11) is -88.0. The van der Waals surface area contributed by atoms with Crippen molar-refractivity contribution in [2.24, 2.45) is 0 Å². The molecular formula is C72H210O32Si32. The van der Waals surface area contributed by atoms with Gasteiger partial charge in [-0.05, 0) is 438 Å². The van der Waals surface area contributed by atoms with Crippen molar-refractivity contribution in [1.82, 2.24) is 0 Å². The van der Waals surface area contributed by atoms with E-state index in [4.69, 9.17) is 132 Å². The molecule has 0 saturated heterocycles. The molecule has 0 saturated carbocycles. The lowest BCUT2D eigenvalue weighted by Gasteiger charge is -2.45. The van der Waals surface area contributed by atoms with Crippen LogP contribution in [0.25, 0.3) is 0 Å². The zero-order valence-corrected chi connectivity index (χ0v) is 131. The van der Waals surface area contributed by atoms with Gasteiger partial charge in [-0.1, -0.05) is 19.8 Å². The lowest BCUT2D eigenvalue weighted by Crippen LogP contribution is -2.63. The Hall–Kier alpha value is 5.66. The van der Waals surface area contributed by atoms with Crippen molar-refractivity contribution >= 4 is 273 Å². The maximum Gasteiger partial charge on any atom is 0.314 e. The molecule has 0 bridgehead atoms. The number of rotatable bonds is 69. The fraction of sp³-hybridized carbons (Fsp3) is 1.00. The summed E-state index contributed by atoms with van der Waals surface area (Å²) in [5.74, 6) is 0. The minimum Gasteiger partial charge on any atom is -0.436 e. The van der Waals surface area contributed by atoms with E-state index >= 15 is 0 Å². The highest BCUT2D eigenvalue weighted by molar-refractivity contribution is 7.00. The van der Waals surface area contributed by atoms with Crippen LogP contribution in [-0.4, -0.2) is 287 Å². The van der Waals surface area contributed by atoms with Gasteiger partial charge in [-0.3, -0.25) is 0 Å². The van der Waals surface area contributed by atoms with Gasteiger partial charge in [0.05, 0.1) is 0 Å². The maximum atomic E-state index is 7.05. The molecule has 0 unspecified atom stereocenters. The minimum absolute atomic E-state index is 0.723. The molecule has 64 heteroatoms. The molecule has 0 aromatic carbocycles. The van der Waals surface area contributed by atoms with Crippen LogP contribution in [0.3, 0.4) is 0 Å². The number of hydrogen-bond acceptors (Lipinski definition) is 32. The second kappa shape index (κ2) is 49.4. The first-order valence-electron chi connectivity index (χ1n) is 48.8. The van der Waals surface area contributed by atoms with Crippen LogP contribution in [0.15, 0.2) is 0 Å². The van der Waals surface area contributed by atoms with Crippen LogP contribution >= 0.6 is 0 Å². The lowest BCUT2D eigenvalue weighted by atomic mass is 10.4. The summed E-state index contributed by atoms with van der Waals surface area (Å²) in [6.45, 7) is 136. The van der Waals surface area contributed by atoms with E-state index in [1.165, 1.54) is 6.42 Å². The van der Waals surface area contributed by atoms with Gasteiger partial charge in [-0.25, -0.2) is 0 Å². The summed E-state index contributed by atoms with van der Waals surface area (Å²) >= 11 is 0. The average Bonchev–Trinajstić information content (AvgIpc) is 0.792. The minimum atomic E-state index is -2.95. The molecule has 0 aliphatic rings. The van der Waals surface area contributed by atoms with Crippen LogP contribution in [0, 0.1) is 0 Å². The lowest BCUT2D eigenvalue weighted by molar-refractivity contribution is 0.197. The van der Waals surface area contributed by atoms with E-state index < -0.39 is 273 Å². The second-order valence-electron chi connectivity index (χ2n) is 50.9. The molecular weight excluding hydrogens is 2280 g/mol. The largest absolute Gasteiger partial charge is 0.436 e. The van der Waals surface area contributed by atoms with Crippen molar-refractivity contribution in [3.8, 4) is 0 Å². The summed E-state index contributed by atoms with van der Waals surface area (Å²) in [6.07, 6.45) is 3.29. The summed E-state index contributed by atoms with van der Waals surface area (Å²) in [5, 5.41) is 0. The Morgan fingerprint density at radius 2 is 0.184 bits per heavy atom. The number of ether oxygens (including phenoxy) is 1. The van der Waals surface area contributed by atoms with Gasteiger partial charge in [-0.2, -0.15) is 0 Å². The Bertz CT molecular complexity index is 3470. The third kappa shape index (κ3) is 65.4. The molecule has 0 N–H and O–H groups in total. The normalized spacial score (nSPS) is 16.1. The Labute approximate surface area is 868 Å². The first kappa shape index (κ1) is 142. The highest BCUT2D eigenvalue weighted by atomic mass is 28.6. The smallest absolute Gasteiger partial charge is 0.314 e. The summed E-state index contributed by atoms with van der Waals surface area (Å²) < 4.78 is 222. The summed E-state index contributed by atoms with van der Waals surface area (Å²) in [4.78, 5) is 0. The molecule has 136 heavy (non-hydrogen) atoms. The Morgan fingerprint density at radius 1 is 0.110 bits per heavy atom. The van der Waals surface area contributed by atoms with Gasteiger partial charge in [0.15, 0.2) is 16.6 Å². The van der Waals surface area contributed by atoms with E-state index in [0.717, 1.165) is 31.5 Å². The van der Waals surface area contributed by atoms with E-state index in [1.807, 2.05) is 0 Å². The maximum absolute atomic E-state index is 7.05. The zero-order chi connectivity index (χ0) is 109. The Kier molecular flexibility index (Phi) is 51.5. The Balaban J connectivity index is 5.98. The fourth-order valence-corrected chi connectivity index (χ4v) is 188. The van der Waals surface area contributed by atoms with Crippen molar-refractivity contribution in [1.29, 1.82) is 0 Å². The van der Waals surface area contributed by atoms with Crippen molar-refractivity contribution < 1.29 is 132 Å². The number of unbranched alkanes of at least 4 members (excludes halogenated alkanes) is 1. The van der Waals surface area contributed by atoms with Gasteiger partial charge in [0.25, 0.3) is 0 Å². The highest BCUT2D eigenvalue weighted by Crippen LogP contribution is 2.40. The van der Waals surface area contributed by atoms with Crippen LogP contribution in [0.5, 0.6) is 0 Å². The molecule has 0 amide bonds. The monoisotopic (exact) mass is 2480 g/mol. The first-order valence-corrected chi connectivity index (χ1v) is 139. The van der Waals surface area contributed by atoms with Crippen LogP contribution in [0.4, 0.5) is 0 Å². The molecule has 0 aromatic heterocycles. The zero-order valence-electron chi connectivity index (χ0n) is 99.3. The number of hydrogen-bond donors (Lipinski definition) is 0. The van der Waals surface area contributed by atoms with Crippen molar-refractivity contribution in [3.05, 3.63) is 0 Å². The van der Waals surface area contributed by atoms with Gasteiger partial charge >= 0.3 is 257 Å². The molecule has 0 fully saturated rings. The molecule has 32 nitrogen and oxygen atoms in total. The van der Waals surface area contributed by atoms with Gasteiger partial charge in [-0.15, -0.1) is 0 Å². The van der Waals surface area contributed by atoms with Gasteiger partial charge in [0, 0.05) is 13.7 Å². The van der Waals surface area contributed by atoms with Crippen molar-refractivity contribution in [3.63, 3.8) is 0 Å². The molecule has 0 aliphatic heterocycles. The molecule has 0 aliphatic carbocycles. The molecule has 818 valence electrons. The molecule has 0 aromatic rings. The molecule has 0 rings (SSSR count). The third-order valence-corrected chi connectivity index (χ3v) is 143. The second-order valence-corrected chi connectivity index (χ2v) is 168. The fourth-order valence-electron chi connectivity index (χ4n) is 20.5. The summed E-state index contributed by atoms with van der Waals surface area (Å²) in [5.41, 5.74) is 0. The number of methoxy groups -OCH3 is 1. The first-order chi connectivity index (χ1) is 58.5. The predicted molar refractivity (Wildman–Crippen MR) is 634 cm³/mol. The average molecular weight is 2490 g/mol. The third-order valence-electron chi connectivity index (χ3n) is 17.6. The SMILES string of the molecule is CCCC[Si](C)(C)O[Si](C)(C)O[Si](C)(C)O[Si](C)(C)O[Si](C)(C)O[Si](C)(C)O[Si](C)(C)O[Si](C)(C)O[Si](C)(C)O[Si](C)(C)O[Si](C)(C)O[Si](C)(C)O[Si](C)(C)O[Si](C)(C)O[Si](C)(C)O[Si](C)(C)O[Si](C)(C)O[Si](C)(C)O[Si](C)(C)O[Si](C)(C)O[Si](C)(C)O[Si](C)(C)O[Si](C)(C)O[Si](C)(C)O[Si](C)(C)O[Si](C)(C)O[Si](C)(C)O[Si](C)(C)O[Si](C)(C)O[Si](C)(C)O[Si](C)(C)O[Si](C)(C)CCCOC. The van der Waals surface area contributed by atoms with Crippen LogP contribution in [0.1, 0.15) is 26.2 Å². The molecule has 0 atom stereocenters. The molecule has 0 radical (unpaired) electrons. The van der Waals surface area contributed by atoms with E-state index in [2.05, 4.69) is 426 Å². The summed E-state index contributed by atoms with van der Waals surface area (Å²) in [6, 6.07) is 2.12. The highest BCUT2D eigenvalue weighted by Gasteiger charge is 2.59. The van der Waals surface area contributed by atoms with Crippen molar-refractivity contribution in [2.45, 2.75) is 457 Å². The van der Waals surface area contributed by atoms with Gasteiger partial charge < -0.3 is 132 Å². The van der Waals surface area contributed by atoms with E-state index in [0.29, 0.717) is 0 Å². The van der Waals surface area contributed by atoms with Crippen LogP contribution in [0.2, 0.25) is 431 Å².